The summed E-state index contributed by atoms with van der Waals surface area (Å²) in [5.41, 5.74) is 2.99. The zero-order chi connectivity index (χ0) is 15.4. The highest BCUT2D eigenvalue weighted by Crippen LogP contribution is 2.28. The van der Waals surface area contributed by atoms with Crippen LogP contribution in [0.15, 0.2) is 42.5 Å². The first-order valence-corrected chi connectivity index (χ1v) is 8.54. The third kappa shape index (κ3) is 3.93. The summed E-state index contributed by atoms with van der Waals surface area (Å²) in [6, 6.07) is 12.8. The predicted octanol–water partition coefficient (Wildman–Crippen LogP) is 3.95. The lowest BCUT2D eigenvalue weighted by Gasteiger charge is -2.13. The van der Waals surface area contributed by atoms with Gasteiger partial charge in [0.1, 0.15) is 0 Å². The predicted molar refractivity (Wildman–Crippen MR) is 89.2 cm³/mol. The van der Waals surface area contributed by atoms with E-state index in [1.165, 1.54) is 6.26 Å². The molecule has 3 nitrogen and oxygen atoms in total. The van der Waals surface area contributed by atoms with Gasteiger partial charge >= 0.3 is 0 Å². The molecule has 1 unspecified atom stereocenters. The van der Waals surface area contributed by atoms with Crippen LogP contribution in [0.5, 0.6) is 0 Å². The zero-order valence-corrected chi connectivity index (χ0v) is 13.4. The van der Waals surface area contributed by atoms with Crippen molar-refractivity contribution in [3.63, 3.8) is 0 Å². The normalized spacial score (nSPS) is 12.0. The van der Waals surface area contributed by atoms with E-state index < -0.39 is 10.8 Å². The molecule has 0 saturated carbocycles. The van der Waals surface area contributed by atoms with Gasteiger partial charge in [0.25, 0.3) is 0 Å². The van der Waals surface area contributed by atoms with Crippen molar-refractivity contribution in [2.45, 2.75) is 6.92 Å². The summed E-state index contributed by atoms with van der Waals surface area (Å²) in [5, 5.41) is 3.90. The average Bonchev–Trinajstić information content (AvgIpc) is 2.43. The summed E-state index contributed by atoms with van der Waals surface area (Å²) < 4.78 is 11.2. The molecule has 0 heterocycles. The maximum atomic E-state index is 12.2. The van der Waals surface area contributed by atoms with Crippen LogP contribution in [0.4, 0.5) is 11.4 Å². The van der Waals surface area contributed by atoms with E-state index in [0.717, 1.165) is 11.3 Å². The number of carbonyl (C=O) groups excluding carboxylic acids is 1. The standard InChI is InChI=1S/C16H16ClNO2S/c1-11-13(17)7-5-9-14(11)18-15-8-4-3-6-12(15)16(19)10-21(2)20/h3-9,18H,10H2,1-2H3. The molecule has 0 radical (unpaired) electrons. The smallest absolute Gasteiger partial charge is 0.177 e. The number of hydrogen-bond acceptors (Lipinski definition) is 3. The lowest BCUT2D eigenvalue weighted by molar-refractivity contribution is 0.102. The Kier molecular flexibility index (Phi) is 5.15. The minimum absolute atomic E-state index is 0.0211. The van der Waals surface area contributed by atoms with E-state index in [9.17, 15) is 9.00 Å². The number of ketones is 1. The van der Waals surface area contributed by atoms with Gasteiger partial charge in [0.15, 0.2) is 5.78 Å². The molecule has 110 valence electrons. The fourth-order valence-electron chi connectivity index (χ4n) is 1.99. The molecule has 2 aromatic rings. The number of rotatable bonds is 5. The fraction of sp³-hybridized carbons (Fsp3) is 0.188. The molecule has 1 atom stereocenters. The molecule has 0 aliphatic carbocycles. The summed E-state index contributed by atoms with van der Waals surface area (Å²) in [4.78, 5) is 12.2. The summed E-state index contributed by atoms with van der Waals surface area (Å²) in [7, 11) is -1.16. The molecular formula is C16H16ClNO2S. The summed E-state index contributed by atoms with van der Waals surface area (Å²) in [6.45, 7) is 1.91. The highest BCUT2D eigenvalue weighted by atomic mass is 35.5. The third-order valence-corrected chi connectivity index (χ3v) is 4.18. The van der Waals surface area contributed by atoms with Gasteiger partial charge in [-0.1, -0.05) is 29.8 Å². The zero-order valence-electron chi connectivity index (χ0n) is 11.9. The second-order valence-corrected chi connectivity index (χ2v) is 6.57. The molecule has 0 fully saturated rings. The van der Waals surface area contributed by atoms with Gasteiger partial charge in [-0.05, 0) is 36.8 Å². The lowest BCUT2D eigenvalue weighted by Crippen LogP contribution is -2.11. The Morgan fingerprint density at radius 1 is 1.14 bits per heavy atom. The molecule has 0 saturated heterocycles. The topological polar surface area (TPSA) is 46.2 Å². The first-order valence-electron chi connectivity index (χ1n) is 6.43. The Morgan fingerprint density at radius 2 is 1.81 bits per heavy atom. The van der Waals surface area contributed by atoms with Crippen molar-refractivity contribution in [2.24, 2.45) is 0 Å². The van der Waals surface area contributed by atoms with Crippen LogP contribution in [0, 0.1) is 6.92 Å². The van der Waals surface area contributed by atoms with Crippen LogP contribution in [-0.4, -0.2) is 22.0 Å². The van der Waals surface area contributed by atoms with Crippen molar-refractivity contribution in [1.82, 2.24) is 0 Å². The van der Waals surface area contributed by atoms with Gasteiger partial charge in [-0.2, -0.15) is 0 Å². The molecule has 0 aliphatic heterocycles. The van der Waals surface area contributed by atoms with E-state index in [4.69, 9.17) is 11.6 Å². The summed E-state index contributed by atoms with van der Waals surface area (Å²) >= 11 is 6.10. The van der Waals surface area contributed by atoms with Crippen LogP contribution >= 0.6 is 11.6 Å². The second kappa shape index (κ2) is 6.87. The maximum absolute atomic E-state index is 12.2. The van der Waals surface area contributed by atoms with Crippen molar-refractivity contribution >= 4 is 39.6 Å². The van der Waals surface area contributed by atoms with Crippen LogP contribution in [0.25, 0.3) is 0 Å². The van der Waals surface area contributed by atoms with E-state index in [1.807, 2.05) is 37.3 Å². The van der Waals surface area contributed by atoms with Gasteiger partial charge in [-0.25, -0.2) is 0 Å². The molecule has 2 rings (SSSR count). The number of halogens is 1. The number of hydrogen-bond donors (Lipinski definition) is 1. The molecule has 2 aromatic carbocycles. The Hall–Kier alpha value is -1.65. The molecule has 0 bridgehead atoms. The number of Topliss-reactive ketones (excluding diaryl/α,β-unsaturated/α-hetero) is 1. The molecule has 5 heteroatoms. The highest BCUT2D eigenvalue weighted by molar-refractivity contribution is 7.85. The quantitative estimate of drug-likeness (QED) is 0.848. The Morgan fingerprint density at radius 3 is 2.52 bits per heavy atom. The maximum Gasteiger partial charge on any atom is 0.177 e. The van der Waals surface area contributed by atoms with E-state index in [0.29, 0.717) is 16.3 Å². The van der Waals surface area contributed by atoms with Gasteiger partial charge in [-0.3, -0.25) is 9.00 Å². The van der Waals surface area contributed by atoms with Crippen molar-refractivity contribution in [3.8, 4) is 0 Å². The SMILES string of the molecule is Cc1c(Cl)cccc1Nc1ccccc1C(=O)CS(C)=O. The van der Waals surface area contributed by atoms with Crippen LogP contribution in [0.1, 0.15) is 15.9 Å². The fourth-order valence-corrected chi connectivity index (χ4v) is 2.68. The van der Waals surface area contributed by atoms with Gasteiger partial charge < -0.3 is 5.32 Å². The molecule has 0 spiro atoms. The summed E-state index contributed by atoms with van der Waals surface area (Å²) in [6.07, 6.45) is 1.52. The Labute approximate surface area is 131 Å². The first-order chi connectivity index (χ1) is 9.99. The molecule has 1 N–H and O–H groups in total. The van der Waals surface area contributed by atoms with E-state index in [2.05, 4.69) is 5.32 Å². The number of anilines is 2. The number of benzene rings is 2. The molecule has 0 aliphatic rings. The minimum Gasteiger partial charge on any atom is -0.355 e. The lowest BCUT2D eigenvalue weighted by atomic mass is 10.1. The number of carbonyl (C=O) groups is 1. The minimum atomic E-state index is -1.16. The number of nitrogens with one attached hydrogen (secondary N) is 1. The van der Waals surface area contributed by atoms with Crippen molar-refractivity contribution in [3.05, 3.63) is 58.6 Å². The van der Waals surface area contributed by atoms with E-state index in [1.54, 1.807) is 12.1 Å². The van der Waals surface area contributed by atoms with Gasteiger partial charge in [0.05, 0.1) is 5.75 Å². The van der Waals surface area contributed by atoms with E-state index >= 15 is 0 Å². The van der Waals surface area contributed by atoms with Crippen molar-refractivity contribution in [2.75, 3.05) is 17.3 Å². The first kappa shape index (κ1) is 15.7. The van der Waals surface area contributed by atoms with E-state index in [-0.39, 0.29) is 11.5 Å². The van der Waals surface area contributed by atoms with Crippen molar-refractivity contribution < 1.29 is 9.00 Å². The van der Waals surface area contributed by atoms with Crippen LogP contribution < -0.4 is 5.32 Å². The van der Waals surface area contributed by atoms with Gasteiger partial charge in [0, 0.05) is 39.0 Å². The molecule has 0 aromatic heterocycles. The van der Waals surface area contributed by atoms with Gasteiger partial charge in [0.2, 0.25) is 0 Å². The van der Waals surface area contributed by atoms with Gasteiger partial charge in [-0.15, -0.1) is 0 Å². The molecular weight excluding hydrogens is 306 g/mol. The molecule has 0 amide bonds. The van der Waals surface area contributed by atoms with Crippen LogP contribution in [-0.2, 0) is 10.8 Å². The monoisotopic (exact) mass is 321 g/mol. The highest BCUT2D eigenvalue weighted by Gasteiger charge is 2.13. The summed E-state index contributed by atoms with van der Waals surface area (Å²) in [5.74, 6) is -0.119. The van der Waals surface area contributed by atoms with Crippen LogP contribution in [0.3, 0.4) is 0 Å². The second-order valence-electron chi connectivity index (χ2n) is 4.72. The largest absolute Gasteiger partial charge is 0.355 e. The Bertz CT molecular complexity index is 700. The third-order valence-electron chi connectivity index (χ3n) is 3.10. The molecule has 21 heavy (non-hydrogen) atoms. The number of para-hydroxylation sites is 1. The van der Waals surface area contributed by atoms with Crippen LogP contribution in [0.2, 0.25) is 5.02 Å². The van der Waals surface area contributed by atoms with Crippen molar-refractivity contribution in [1.29, 1.82) is 0 Å². The average molecular weight is 322 g/mol. The Balaban J connectivity index is 2.34.